The Morgan fingerprint density at radius 3 is 2.61 bits per heavy atom. The number of hydrogen-bond donors (Lipinski definition) is 2. The maximum absolute atomic E-state index is 13.0. The van der Waals surface area contributed by atoms with Crippen molar-refractivity contribution in [3.8, 4) is 5.75 Å². The van der Waals surface area contributed by atoms with Crippen molar-refractivity contribution in [3.63, 3.8) is 0 Å². The van der Waals surface area contributed by atoms with E-state index in [4.69, 9.17) is 4.74 Å². The zero-order valence-electron chi connectivity index (χ0n) is 17.2. The van der Waals surface area contributed by atoms with Gasteiger partial charge in [-0.3, -0.25) is 4.79 Å². The van der Waals surface area contributed by atoms with Crippen molar-refractivity contribution in [2.75, 3.05) is 33.3 Å². The third-order valence-electron chi connectivity index (χ3n) is 7.35. The molecule has 0 bridgehead atoms. The summed E-state index contributed by atoms with van der Waals surface area (Å²) in [5.41, 5.74) is 0.660. The third kappa shape index (κ3) is 3.92. The van der Waals surface area contributed by atoms with Crippen LogP contribution in [0.15, 0.2) is 24.3 Å². The summed E-state index contributed by atoms with van der Waals surface area (Å²) < 4.78 is 5.34. The summed E-state index contributed by atoms with van der Waals surface area (Å²) >= 11 is 0. The first kappa shape index (κ1) is 19.7. The van der Waals surface area contributed by atoms with Crippen LogP contribution < -0.4 is 9.64 Å². The van der Waals surface area contributed by atoms with Gasteiger partial charge in [0, 0.05) is 31.0 Å². The lowest BCUT2D eigenvalue weighted by molar-refractivity contribution is -0.938. The maximum atomic E-state index is 13.0. The van der Waals surface area contributed by atoms with Crippen LogP contribution in [-0.4, -0.2) is 54.8 Å². The van der Waals surface area contributed by atoms with Gasteiger partial charge in [0.25, 0.3) is 5.91 Å². The van der Waals surface area contributed by atoms with E-state index in [1.165, 1.54) is 23.3 Å². The molecule has 1 amide bonds. The van der Waals surface area contributed by atoms with E-state index < -0.39 is 5.60 Å². The van der Waals surface area contributed by atoms with Gasteiger partial charge >= 0.3 is 0 Å². The van der Waals surface area contributed by atoms with Crippen LogP contribution in [0.2, 0.25) is 0 Å². The first-order chi connectivity index (χ1) is 13.6. The van der Waals surface area contributed by atoms with Gasteiger partial charge in [-0.1, -0.05) is 12.8 Å². The van der Waals surface area contributed by atoms with Crippen molar-refractivity contribution in [2.24, 2.45) is 5.92 Å². The number of fused-ring (bicyclic) bond motifs is 1. The molecular weight excluding hydrogens is 352 g/mol. The maximum Gasteiger partial charge on any atom is 0.277 e. The van der Waals surface area contributed by atoms with Gasteiger partial charge in [-0.25, -0.2) is 0 Å². The summed E-state index contributed by atoms with van der Waals surface area (Å²) in [5, 5.41) is 11.4. The lowest BCUT2D eigenvalue weighted by Gasteiger charge is -2.50. The first-order valence-corrected chi connectivity index (χ1v) is 11.1. The minimum absolute atomic E-state index is 0.179. The summed E-state index contributed by atoms with van der Waals surface area (Å²) in [5.74, 6) is 1.37. The van der Waals surface area contributed by atoms with E-state index in [0.717, 1.165) is 63.9 Å². The third-order valence-corrected chi connectivity index (χ3v) is 7.35. The number of amides is 1. The van der Waals surface area contributed by atoms with E-state index in [9.17, 15) is 9.90 Å². The molecule has 5 heteroatoms. The van der Waals surface area contributed by atoms with Gasteiger partial charge in [0.1, 0.15) is 11.8 Å². The van der Waals surface area contributed by atoms with Crippen LogP contribution in [0.25, 0.3) is 0 Å². The van der Waals surface area contributed by atoms with Crippen LogP contribution in [0.3, 0.4) is 0 Å². The smallest absolute Gasteiger partial charge is 0.277 e. The molecule has 4 rings (SSSR count). The SMILES string of the molecule is COc1ccc([C@@H]2[C@@H]3CCCC[C@@]3(O)CC[NH+]2CC(=O)N2CCCCC2)cc1. The molecule has 28 heavy (non-hydrogen) atoms. The van der Waals surface area contributed by atoms with Gasteiger partial charge in [0.05, 0.1) is 19.3 Å². The zero-order valence-corrected chi connectivity index (χ0v) is 17.2. The van der Waals surface area contributed by atoms with Gasteiger partial charge < -0.3 is 19.6 Å². The number of piperidine rings is 2. The Kier molecular flexibility index (Phi) is 5.93. The summed E-state index contributed by atoms with van der Waals surface area (Å²) in [6.45, 7) is 3.23. The van der Waals surface area contributed by atoms with Crippen molar-refractivity contribution in [1.82, 2.24) is 4.90 Å². The Morgan fingerprint density at radius 2 is 1.89 bits per heavy atom. The second-order valence-corrected chi connectivity index (χ2v) is 8.98. The molecule has 1 aromatic carbocycles. The van der Waals surface area contributed by atoms with Gasteiger partial charge in [-0.2, -0.15) is 0 Å². The standard InChI is InChI=1S/C23H34N2O3/c1-28-19-10-8-18(9-11-19)22-20-7-3-4-12-23(20,27)13-16-25(22)17-21(26)24-14-5-2-6-15-24/h8-11,20,22,27H,2-7,12-17H2,1H3/p+1/t20-,22+,23+/m0/s1. The lowest BCUT2D eigenvalue weighted by atomic mass is 9.66. The molecule has 154 valence electrons. The topological polar surface area (TPSA) is 54.2 Å². The Bertz CT molecular complexity index is 671. The number of likely N-dealkylation sites (tertiary alicyclic amines) is 2. The molecule has 0 radical (unpaired) electrons. The van der Waals surface area contributed by atoms with Gasteiger partial charge in [0.15, 0.2) is 6.54 Å². The minimum Gasteiger partial charge on any atom is -0.497 e. The molecule has 2 heterocycles. The predicted octanol–water partition coefficient (Wildman–Crippen LogP) is 1.96. The number of hydrogen-bond acceptors (Lipinski definition) is 3. The fourth-order valence-corrected chi connectivity index (χ4v) is 5.78. The highest BCUT2D eigenvalue weighted by Gasteiger charge is 2.52. The molecule has 2 N–H and O–H groups in total. The number of carbonyl (C=O) groups excluding carboxylic acids is 1. The summed E-state index contributed by atoms with van der Waals surface area (Å²) in [4.78, 5) is 16.4. The van der Waals surface area contributed by atoms with E-state index in [2.05, 4.69) is 17.0 Å². The minimum atomic E-state index is -0.569. The molecule has 1 aromatic rings. The fraction of sp³-hybridized carbons (Fsp3) is 0.696. The quantitative estimate of drug-likeness (QED) is 0.830. The Balaban J connectivity index is 1.58. The molecule has 1 aliphatic carbocycles. The number of rotatable bonds is 4. The van der Waals surface area contributed by atoms with Crippen LogP contribution in [0, 0.1) is 5.92 Å². The molecule has 2 aliphatic heterocycles. The average Bonchev–Trinajstić information content (AvgIpc) is 2.74. The van der Waals surface area contributed by atoms with Gasteiger partial charge in [-0.15, -0.1) is 0 Å². The van der Waals surface area contributed by atoms with Crippen molar-refractivity contribution in [2.45, 2.75) is 63.0 Å². The van der Waals surface area contributed by atoms with Crippen LogP contribution in [-0.2, 0) is 4.79 Å². The van der Waals surface area contributed by atoms with Crippen molar-refractivity contribution in [3.05, 3.63) is 29.8 Å². The van der Waals surface area contributed by atoms with Crippen LogP contribution >= 0.6 is 0 Å². The number of carbonyl (C=O) groups is 1. The average molecular weight is 388 g/mol. The van der Waals surface area contributed by atoms with Crippen LogP contribution in [0.4, 0.5) is 0 Å². The summed E-state index contributed by atoms with van der Waals surface area (Å²) in [6, 6.07) is 8.47. The number of nitrogens with zero attached hydrogens (tertiary/aromatic N) is 1. The van der Waals surface area contributed by atoms with E-state index >= 15 is 0 Å². The number of nitrogens with one attached hydrogen (secondary N) is 1. The number of methoxy groups -OCH3 is 1. The number of aliphatic hydroxyl groups is 1. The van der Waals surface area contributed by atoms with Crippen molar-refractivity contribution < 1.29 is 19.5 Å². The van der Waals surface area contributed by atoms with E-state index in [0.29, 0.717) is 6.54 Å². The predicted molar refractivity (Wildman–Crippen MR) is 108 cm³/mol. The van der Waals surface area contributed by atoms with E-state index in [1.807, 2.05) is 12.1 Å². The Labute approximate surface area is 168 Å². The molecular formula is C23H35N2O3+. The molecule has 0 spiro atoms. The molecule has 0 aromatic heterocycles. The molecule has 3 fully saturated rings. The monoisotopic (exact) mass is 387 g/mol. The summed E-state index contributed by atoms with van der Waals surface area (Å²) in [6.07, 6.45) is 8.55. The molecule has 1 unspecified atom stereocenters. The van der Waals surface area contributed by atoms with Gasteiger partial charge in [-0.05, 0) is 56.4 Å². The highest BCUT2D eigenvalue weighted by molar-refractivity contribution is 5.77. The van der Waals surface area contributed by atoms with Crippen molar-refractivity contribution in [1.29, 1.82) is 0 Å². The molecule has 1 saturated carbocycles. The van der Waals surface area contributed by atoms with E-state index in [-0.39, 0.29) is 17.9 Å². The first-order valence-electron chi connectivity index (χ1n) is 11.1. The molecule has 5 nitrogen and oxygen atoms in total. The highest BCUT2D eigenvalue weighted by atomic mass is 16.5. The zero-order chi connectivity index (χ0) is 19.6. The Hall–Kier alpha value is -1.59. The van der Waals surface area contributed by atoms with E-state index in [1.54, 1.807) is 7.11 Å². The second-order valence-electron chi connectivity index (χ2n) is 8.98. The molecule has 2 saturated heterocycles. The second kappa shape index (κ2) is 8.42. The van der Waals surface area contributed by atoms with Crippen LogP contribution in [0.1, 0.15) is 63.0 Å². The van der Waals surface area contributed by atoms with Gasteiger partial charge in [0.2, 0.25) is 0 Å². The fourth-order valence-electron chi connectivity index (χ4n) is 5.78. The Morgan fingerprint density at radius 1 is 1.14 bits per heavy atom. The van der Waals surface area contributed by atoms with Crippen molar-refractivity contribution >= 4 is 5.91 Å². The molecule has 4 atom stereocenters. The highest BCUT2D eigenvalue weighted by Crippen LogP contribution is 2.44. The van der Waals surface area contributed by atoms with Crippen LogP contribution in [0.5, 0.6) is 5.75 Å². The lowest BCUT2D eigenvalue weighted by Crippen LogP contribution is -3.16. The summed E-state index contributed by atoms with van der Waals surface area (Å²) in [7, 11) is 1.68. The normalized spacial score (nSPS) is 33.2. The number of quaternary nitrogens is 1. The largest absolute Gasteiger partial charge is 0.497 e. The number of benzene rings is 1. The molecule has 3 aliphatic rings. The number of ether oxygens (including phenoxy) is 1.